The van der Waals surface area contributed by atoms with Crippen molar-refractivity contribution < 1.29 is 19.2 Å². The molecule has 6 aromatic rings. The average Bonchev–Trinajstić information content (AvgIpc) is 3.58. The van der Waals surface area contributed by atoms with Gasteiger partial charge in [0.05, 0.1) is 33.2 Å². The van der Waals surface area contributed by atoms with Crippen molar-refractivity contribution in [2.75, 3.05) is 10.6 Å². The Hall–Kier alpha value is -6.44. The summed E-state index contributed by atoms with van der Waals surface area (Å²) in [5.41, 5.74) is 16.0. The van der Waals surface area contributed by atoms with Gasteiger partial charge in [0.1, 0.15) is 0 Å². The first kappa shape index (κ1) is 31.5. The van der Waals surface area contributed by atoms with Gasteiger partial charge in [-0.2, -0.15) is 0 Å². The predicted molar refractivity (Wildman–Crippen MR) is 180 cm³/mol. The summed E-state index contributed by atoms with van der Waals surface area (Å²) in [7, 11) is 0. The van der Waals surface area contributed by atoms with Crippen molar-refractivity contribution in [2.45, 2.75) is 39.8 Å². The van der Waals surface area contributed by atoms with E-state index in [0.29, 0.717) is 93.5 Å². The Kier molecular flexibility index (Phi) is 8.62. The molecule has 0 aliphatic rings. The summed E-state index contributed by atoms with van der Waals surface area (Å²) in [6.07, 6.45) is 4.49. The van der Waals surface area contributed by atoms with Gasteiger partial charge in [0, 0.05) is 48.0 Å². The Balaban J connectivity index is 1.26. The highest BCUT2D eigenvalue weighted by atomic mass is 16.2. The number of amides is 4. The Morgan fingerprint density at radius 2 is 1.06 bits per heavy atom. The third-order valence-electron chi connectivity index (χ3n) is 8.03. The van der Waals surface area contributed by atoms with Crippen molar-refractivity contribution in [3.05, 3.63) is 107 Å². The minimum absolute atomic E-state index is 0.302. The number of aromatic nitrogens is 6. The molecule has 14 nitrogen and oxygen atoms in total. The maximum absolute atomic E-state index is 13.2. The number of fused-ring (bicyclic) bond motifs is 2. The van der Waals surface area contributed by atoms with Crippen LogP contribution in [0.3, 0.4) is 0 Å². The number of pyridine rings is 2. The Morgan fingerprint density at radius 1 is 0.646 bits per heavy atom. The number of carbonyl (C=O) groups is 4. The van der Waals surface area contributed by atoms with Gasteiger partial charge < -0.3 is 20.6 Å². The van der Waals surface area contributed by atoms with E-state index in [9.17, 15) is 19.2 Å². The first-order valence-corrected chi connectivity index (χ1v) is 15.2. The second-order valence-corrected chi connectivity index (χ2v) is 11.2. The summed E-state index contributed by atoms with van der Waals surface area (Å²) in [6.45, 7) is 4.42. The molecular formula is C34H32N10O4. The van der Waals surface area contributed by atoms with Gasteiger partial charge in [-0.25, -0.2) is 9.97 Å². The Bertz CT molecular complexity index is 2080. The van der Waals surface area contributed by atoms with E-state index < -0.39 is 11.8 Å². The molecule has 0 saturated carbocycles. The van der Waals surface area contributed by atoms with Crippen LogP contribution in [0.2, 0.25) is 0 Å². The fourth-order valence-electron chi connectivity index (χ4n) is 5.54. The summed E-state index contributed by atoms with van der Waals surface area (Å²) >= 11 is 0. The van der Waals surface area contributed by atoms with Gasteiger partial charge in [0.25, 0.3) is 11.8 Å². The van der Waals surface area contributed by atoms with Gasteiger partial charge in [0.2, 0.25) is 23.7 Å². The van der Waals surface area contributed by atoms with Crippen molar-refractivity contribution in [3.63, 3.8) is 0 Å². The average molecular weight is 645 g/mol. The van der Waals surface area contributed by atoms with Gasteiger partial charge in [-0.3, -0.25) is 39.8 Å². The largest absolute Gasteiger partial charge is 0.366 e. The second kappa shape index (κ2) is 13.1. The highest BCUT2D eigenvalue weighted by Crippen LogP contribution is 2.25. The number of hydrogen-bond acceptors (Lipinski definition) is 8. The number of benzene rings is 2. The monoisotopic (exact) mass is 644 g/mol. The number of nitrogens with one attached hydrogen (secondary N) is 2. The molecule has 4 amide bonds. The summed E-state index contributed by atoms with van der Waals surface area (Å²) in [4.78, 5) is 67.8. The van der Waals surface area contributed by atoms with E-state index >= 15 is 0 Å². The molecule has 0 unspecified atom stereocenters. The number of carbonyl (C=O) groups excluding carboxylic acids is 4. The van der Waals surface area contributed by atoms with Crippen LogP contribution in [-0.4, -0.2) is 52.7 Å². The number of aryl methyl sites for hydroxylation is 4. The second-order valence-electron chi connectivity index (χ2n) is 11.2. The molecule has 0 saturated heterocycles. The summed E-state index contributed by atoms with van der Waals surface area (Å²) in [5.74, 6) is -1.27. The highest BCUT2D eigenvalue weighted by molar-refractivity contribution is 6.06. The third kappa shape index (κ3) is 6.31. The highest BCUT2D eigenvalue weighted by Gasteiger charge is 2.19. The molecule has 0 bridgehead atoms. The number of hydrogen-bond donors (Lipinski definition) is 4. The molecule has 0 spiro atoms. The number of rotatable bonds is 11. The lowest BCUT2D eigenvalue weighted by molar-refractivity contribution is 0.0992. The number of nitrogens with two attached hydrogens (primary N) is 2. The molecule has 4 aromatic heterocycles. The van der Waals surface area contributed by atoms with Crippen molar-refractivity contribution >= 4 is 57.6 Å². The number of anilines is 2. The smallest absolute Gasteiger partial charge is 0.259 e. The normalized spacial score (nSPS) is 11.1. The molecule has 0 aliphatic carbocycles. The van der Waals surface area contributed by atoms with Crippen LogP contribution >= 0.6 is 0 Å². The Morgan fingerprint density at radius 3 is 1.44 bits per heavy atom. The molecule has 14 heteroatoms. The Labute approximate surface area is 274 Å². The zero-order valence-corrected chi connectivity index (χ0v) is 26.2. The molecule has 6 N–H and O–H groups in total. The summed E-state index contributed by atoms with van der Waals surface area (Å²) < 4.78 is 3.76. The molecule has 48 heavy (non-hydrogen) atoms. The van der Waals surface area contributed by atoms with Crippen LogP contribution in [0.1, 0.15) is 65.7 Å². The molecule has 242 valence electrons. The van der Waals surface area contributed by atoms with Crippen molar-refractivity contribution in [1.29, 1.82) is 0 Å². The van der Waals surface area contributed by atoms with Crippen LogP contribution in [0.25, 0.3) is 22.1 Å². The minimum Gasteiger partial charge on any atom is -0.366 e. The molecule has 0 atom stereocenters. The van der Waals surface area contributed by atoms with E-state index in [1.54, 1.807) is 86.9 Å². The lowest BCUT2D eigenvalue weighted by Crippen LogP contribution is -2.18. The van der Waals surface area contributed by atoms with E-state index in [4.69, 9.17) is 11.5 Å². The van der Waals surface area contributed by atoms with Crippen LogP contribution in [0.15, 0.2) is 73.1 Å². The minimum atomic E-state index is -0.583. The van der Waals surface area contributed by atoms with Crippen molar-refractivity contribution in [3.8, 4) is 0 Å². The van der Waals surface area contributed by atoms with Gasteiger partial charge in [0.15, 0.2) is 0 Å². The van der Waals surface area contributed by atoms with Gasteiger partial charge in [-0.05, 0) is 87.4 Å². The first-order chi connectivity index (χ1) is 23.1. The van der Waals surface area contributed by atoms with Crippen LogP contribution in [0.5, 0.6) is 0 Å². The van der Waals surface area contributed by atoms with Crippen LogP contribution in [0.4, 0.5) is 11.9 Å². The predicted octanol–water partition coefficient (Wildman–Crippen LogP) is 3.98. The van der Waals surface area contributed by atoms with Gasteiger partial charge >= 0.3 is 0 Å². The lowest BCUT2D eigenvalue weighted by Gasteiger charge is -2.13. The van der Waals surface area contributed by atoms with Crippen molar-refractivity contribution in [1.82, 2.24) is 29.1 Å². The molecule has 0 fully saturated rings. The van der Waals surface area contributed by atoms with Gasteiger partial charge in [-0.1, -0.05) is 0 Å². The molecule has 2 aromatic carbocycles. The maximum Gasteiger partial charge on any atom is 0.259 e. The van der Waals surface area contributed by atoms with Crippen molar-refractivity contribution in [2.24, 2.45) is 11.5 Å². The molecule has 6 rings (SSSR count). The van der Waals surface area contributed by atoms with Crippen LogP contribution < -0.4 is 22.1 Å². The van der Waals surface area contributed by atoms with Gasteiger partial charge in [-0.15, -0.1) is 0 Å². The topological polar surface area (TPSA) is 206 Å². The zero-order valence-electron chi connectivity index (χ0n) is 26.2. The maximum atomic E-state index is 13.2. The van der Waals surface area contributed by atoms with E-state index in [2.05, 4.69) is 30.6 Å². The summed E-state index contributed by atoms with van der Waals surface area (Å²) in [5, 5.41) is 5.80. The fourth-order valence-corrected chi connectivity index (χ4v) is 5.54. The molecule has 0 aliphatic heterocycles. The summed E-state index contributed by atoms with van der Waals surface area (Å²) in [6, 6.07) is 16.7. The first-order valence-electron chi connectivity index (χ1n) is 15.2. The standard InChI is InChI=1S/C34H32N10O4/c1-19-23(7-5-13-37-19)31(47)41-33-39-25-17-21(29(35)45)9-11-27(25)43(33)15-3-4-16-44-28-12-10-22(30(36)46)18-26(28)40-34(44)42-32(48)24-8-6-14-38-20(24)2/h5-14,17-18H,3-4,15-16H2,1-2H3,(H2,35,45)(H2,36,46)(H,39,41,47)(H,40,42,48). The van der Waals surface area contributed by atoms with Crippen LogP contribution in [-0.2, 0) is 13.1 Å². The fraction of sp³-hybridized carbons (Fsp3) is 0.176. The van der Waals surface area contributed by atoms with E-state index in [0.717, 1.165) is 0 Å². The lowest BCUT2D eigenvalue weighted by atomic mass is 10.2. The quantitative estimate of drug-likeness (QED) is 0.151. The van der Waals surface area contributed by atoms with E-state index in [1.807, 2.05) is 9.13 Å². The molecular weight excluding hydrogens is 612 g/mol. The third-order valence-corrected chi connectivity index (χ3v) is 8.03. The van der Waals surface area contributed by atoms with E-state index in [-0.39, 0.29) is 11.8 Å². The number of nitrogens with zero attached hydrogens (tertiary/aromatic N) is 6. The zero-order chi connectivity index (χ0) is 33.9. The van der Waals surface area contributed by atoms with Crippen LogP contribution in [0, 0.1) is 13.8 Å². The number of imidazole rings is 2. The van der Waals surface area contributed by atoms with E-state index in [1.165, 1.54) is 0 Å². The number of unbranched alkanes of at least 4 members (excludes halogenated alkanes) is 1. The number of primary amides is 2. The molecule has 0 radical (unpaired) electrons. The SMILES string of the molecule is Cc1ncccc1C(=O)Nc1nc2cc(C(N)=O)ccc2n1CCCCn1c(NC(=O)c2cccnc2C)nc2cc(C(N)=O)ccc21. The molecule has 4 heterocycles.